The molecule has 13 nitrogen and oxygen atoms in total. The molecule has 7 rings (SSSR count). The minimum atomic E-state index is -4.81. The number of phosphoric ester groups is 1. The molecule has 5 aromatic carbocycles. The molecule has 1 saturated heterocycles. The van der Waals surface area contributed by atoms with E-state index in [0.717, 1.165) is 16.7 Å². The number of ether oxygens (including phenoxy) is 4. The van der Waals surface area contributed by atoms with Crippen molar-refractivity contribution in [2.75, 3.05) is 26.1 Å². The Labute approximate surface area is 339 Å². The lowest BCUT2D eigenvalue weighted by molar-refractivity contribution is -0.0932. The number of methoxy groups -OCH3 is 2. The summed E-state index contributed by atoms with van der Waals surface area (Å²) in [4.78, 5) is 41.3. The van der Waals surface area contributed by atoms with E-state index in [4.69, 9.17) is 39.6 Å². The first-order chi connectivity index (χ1) is 28.1. The first-order valence-corrected chi connectivity index (χ1v) is 20.0. The first kappa shape index (κ1) is 40.4. The molecule has 4 atom stereocenters. The fourth-order valence-electron chi connectivity index (χ4n) is 6.71. The van der Waals surface area contributed by atoms with Gasteiger partial charge in [0.25, 0.3) is 5.91 Å². The number of nitrogens with one attached hydrogen (secondary N) is 1. The van der Waals surface area contributed by atoms with Crippen LogP contribution >= 0.6 is 19.4 Å². The van der Waals surface area contributed by atoms with Crippen molar-refractivity contribution in [2.45, 2.75) is 30.5 Å². The van der Waals surface area contributed by atoms with Gasteiger partial charge in [-0.25, -0.2) is 9.36 Å². The molecule has 58 heavy (non-hydrogen) atoms. The summed E-state index contributed by atoms with van der Waals surface area (Å²) in [6.07, 6.45) is -1.86. The summed E-state index contributed by atoms with van der Waals surface area (Å²) in [5, 5.41) is 3.04. The van der Waals surface area contributed by atoms with Crippen LogP contribution < -0.4 is 25.0 Å². The van der Waals surface area contributed by atoms with E-state index < -0.39 is 43.5 Å². The molecule has 1 amide bonds. The van der Waals surface area contributed by atoms with Crippen molar-refractivity contribution in [1.29, 1.82) is 0 Å². The van der Waals surface area contributed by atoms with Crippen molar-refractivity contribution in [1.82, 2.24) is 9.55 Å². The molecule has 15 heteroatoms. The number of carbonyl (C=O) groups is 1. The van der Waals surface area contributed by atoms with Gasteiger partial charge in [-0.15, -0.1) is 0 Å². The van der Waals surface area contributed by atoms with Crippen molar-refractivity contribution in [3.8, 4) is 17.2 Å². The summed E-state index contributed by atoms with van der Waals surface area (Å²) < 4.78 is 50.5. The van der Waals surface area contributed by atoms with Crippen LogP contribution in [0.25, 0.3) is 0 Å². The summed E-state index contributed by atoms with van der Waals surface area (Å²) in [5.74, 6) is 0.917. The Bertz CT molecular complexity index is 2370. The Balaban J connectivity index is 1.23. The maximum absolute atomic E-state index is 13.6. The second kappa shape index (κ2) is 17.8. The lowest BCUT2D eigenvalue weighted by atomic mass is 9.80. The van der Waals surface area contributed by atoms with E-state index in [0.29, 0.717) is 22.1 Å². The summed E-state index contributed by atoms with van der Waals surface area (Å²) >= 11 is 6.01. The molecule has 1 aliphatic heterocycles. The highest BCUT2D eigenvalue weighted by Crippen LogP contribution is 2.49. The van der Waals surface area contributed by atoms with Gasteiger partial charge in [0.15, 0.2) is 0 Å². The van der Waals surface area contributed by atoms with Gasteiger partial charge in [0.2, 0.25) is 0 Å². The predicted molar refractivity (Wildman–Crippen MR) is 216 cm³/mol. The van der Waals surface area contributed by atoms with Gasteiger partial charge in [0.05, 0.1) is 20.8 Å². The van der Waals surface area contributed by atoms with Crippen molar-refractivity contribution in [3.05, 3.63) is 183 Å². The maximum Gasteiger partial charge on any atom is 0.527 e. The Morgan fingerprint density at radius 1 is 0.828 bits per heavy atom. The van der Waals surface area contributed by atoms with E-state index in [1.807, 2.05) is 78.9 Å². The molecule has 6 aromatic rings. The second-order valence-corrected chi connectivity index (χ2v) is 14.9. The van der Waals surface area contributed by atoms with Crippen LogP contribution in [-0.2, 0) is 24.2 Å². The molecular formula is C43H39ClN3O10P. The third-order valence-corrected chi connectivity index (χ3v) is 10.8. The van der Waals surface area contributed by atoms with Crippen LogP contribution in [0, 0.1) is 0 Å². The fraction of sp³-hybridized carbons (Fsp3) is 0.186. The predicted octanol–water partition coefficient (Wildman–Crippen LogP) is 8.03. The molecule has 1 aliphatic rings. The monoisotopic (exact) mass is 823 g/mol. The lowest BCUT2D eigenvalue weighted by Gasteiger charge is -2.37. The first-order valence-electron chi connectivity index (χ1n) is 18.1. The van der Waals surface area contributed by atoms with Crippen LogP contribution in [0.3, 0.4) is 0 Å². The number of halogens is 1. The summed E-state index contributed by atoms with van der Waals surface area (Å²) in [6, 6.07) is 40.3. The van der Waals surface area contributed by atoms with Crippen LogP contribution in [-0.4, -0.2) is 53.4 Å². The number of phosphoric acid groups is 1. The summed E-state index contributed by atoms with van der Waals surface area (Å²) in [6.45, 7) is -0.206. The molecule has 298 valence electrons. The van der Waals surface area contributed by atoms with Crippen molar-refractivity contribution < 1.29 is 42.2 Å². The molecule has 0 bridgehead atoms. The van der Waals surface area contributed by atoms with Gasteiger partial charge in [-0.1, -0.05) is 84.4 Å². The SMILES string of the molecule is COc1ccc(C(OC[C@H]2O[C@@H](n3ccc(NC(=O)c4ccccc4)nc3=O)C[C@@H]2OP(=O)(O)Oc2ccc(Cl)cc2)(c2ccccc2)c2ccc(OC)cc2)cc1. The fourth-order valence-corrected chi connectivity index (χ4v) is 7.84. The minimum absolute atomic E-state index is 0.0311. The number of rotatable bonds is 15. The van der Waals surface area contributed by atoms with Crippen molar-refractivity contribution in [3.63, 3.8) is 0 Å². The summed E-state index contributed by atoms with van der Waals surface area (Å²) in [7, 11) is -1.65. The van der Waals surface area contributed by atoms with Crippen LogP contribution in [0.1, 0.15) is 39.7 Å². The van der Waals surface area contributed by atoms with Crippen LogP contribution in [0.2, 0.25) is 5.02 Å². The van der Waals surface area contributed by atoms with Gasteiger partial charge < -0.3 is 28.8 Å². The second-order valence-electron chi connectivity index (χ2n) is 13.2. The highest BCUT2D eigenvalue weighted by Gasteiger charge is 2.45. The third kappa shape index (κ3) is 9.16. The van der Waals surface area contributed by atoms with Crippen LogP contribution in [0.5, 0.6) is 17.2 Å². The number of hydrogen-bond acceptors (Lipinski definition) is 10. The average molecular weight is 824 g/mol. The van der Waals surface area contributed by atoms with Crippen molar-refractivity contribution in [2.24, 2.45) is 0 Å². The van der Waals surface area contributed by atoms with E-state index in [1.165, 1.54) is 41.1 Å². The lowest BCUT2D eigenvalue weighted by Crippen LogP contribution is -2.38. The molecule has 0 aliphatic carbocycles. The molecule has 0 spiro atoms. The van der Waals surface area contributed by atoms with Gasteiger partial charge >= 0.3 is 13.5 Å². The average Bonchev–Trinajstić information content (AvgIpc) is 3.63. The van der Waals surface area contributed by atoms with Gasteiger partial charge in [0.1, 0.15) is 47.1 Å². The molecule has 2 N–H and O–H groups in total. The van der Waals surface area contributed by atoms with E-state index in [-0.39, 0.29) is 24.6 Å². The molecule has 1 unspecified atom stereocenters. The largest absolute Gasteiger partial charge is 0.527 e. The zero-order valence-corrected chi connectivity index (χ0v) is 33.0. The molecule has 2 heterocycles. The number of benzene rings is 5. The number of nitrogens with zero attached hydrogens (tertiary/aromatic N) is 2. The quantitative estimate of drug-likeness (QED) is 0.0764. The molecular weight excluding hydrogens is 785 g/mol. The topological polar surface area (TPSA) is 157 Å². The molecule has 0 saturated carbocycles. The number of anilines is 1. The van der Waals surface area contributed by atoms with Crippen LogP contribution in [0.4, 0.5) is 5.82 Å². The van der Waals surface area contributed by atoms with Crippen LogP contribution in [0.15, 0.2) is 151 Å². The number of carbonyl (C=O) groups excluding carboxylic acids is 1. The summed E-state index contributed by atoms with van der Waals surface area (Å²) in [5.41, 5.74) is 0.625. The number of amides is 1. The highest BCUT2D eigenvalue weighted by molar-refractivity contribution is 7.47. The Morgan fingerprint density at radius 2 is 1.38 bits per heavy atom. The number of aromatic nitrogens is 2. The Kier molecular flexibility index (Phi) is 12.4. The molecule has 0 radical (unpaired) electrons. The smallest absolute Gasteiger partial charge is 0.497 e. The number of hydrogen-bond donors (Lipinski definition) is 2. The highest BCUT2D eigenvalue weighted by atomic mass is 35.5. The Hall–Kier alpha value is -5.79. The zero-order chi connectivity index (χ0) is 40.7. The van der Waals surface area contributed by atoms with E-state index >= 15 is 0 Å². The standard InChI is InChI=1S/C43H39ClN3O10P/c1-52-34-19-13-31(14-20-34)43(30-11-7-4-8-12-30,32-15-21-35(53-2)22-16-32)54-28-38-37(57-58(50,51)56-36-23-17-33(44)18-24-36)27-40(55-38)47-26-25-39(46-42(47)49)45-41(48)29-9-5-3-6-10-29/h3-26,37-38,40H,27-28H2,1-2H3,(H,50,51)(H,45,46,48,49)/t37-,38+,40+/m0/s1. The Morgan fingerprint density at radius 3 is 1.95 bits per heavy atom. The maximum atomic E-state index is 13.6. The third-order valence-electron chi connectivity index (χ3n) is 9.54. The van der Waals surface area contributed by atoms with Gasteiger partial charge in [0, 0.05) is 23.2 Å². The molecule has 1 fully saturated rings. The molecule has 1 aromatic heterocycles. The zero-order valence-electron chi connectivity index (χ0n) is 31.3. The van der Waals surface area contributed by atoms with Gasteiger partial charge in [-0.05, 0) is 83.4 Å². The normalized spacial score (nSPS) is 17.6. The van der Waals surface area contributed by atoms with E-state index in [1.54, 1.807) is 44.6 Å². The minimum Gasteiger partial charge on any atom is -0.497 e. The van der Waals surface area contributed by atoms with Gasteiger partial charge in [-0.2, -0.15) is 4.98 Å². The van der Waals surface area contributed by atoms with E-state index in [2.05, 4.69) is 10.3 Å². The van der Waals surface area contributed by atoms with Gasteiger partial charge in [-0.3, -0.25) is 18.8 Å². The van der Waals surface area contributed by atoms with E-state index in [9.17, 15) is 19.0 Å². The van der Waals surface area contributed by atoms with Crippen molar-refractivity contribution >= 4 is 31.1 Å².